The van der Waals surface area contributed by atoms with Crippen molar-refractivity contribution in [2.45, 2.75) is 39.8 Å². The van der Waals surface area contributed by atoms with Crippen LogP contribution in [0.25, 0.3) is 0 Å². The molecule has 0 saturated carbocycles. The van der Waals surface area contributed by atoms with E-state index in [0.29, 0.717) is 0 Å². The SMILES string of the molecule is CC(N)C(Oc1cccc(I)c1)C(C)(C)C. The predicted molar refractivity (Wildman–Crippen MR) is 76.7 cm³/mol. The van der Waals surface area contributed by atoms with Crippen LogP contribution in [0.15, 0.2) is 24.3 Å². The molecule has 1 rings (SSSR count). The topological polar surface area (TPSA) is 35.2 Å². The van der Waals surface area contributed by atoms with Gasteiger partial charge < -0.3 is 10.5 Å². The predicted octanol–water partition coefficient (Wildman–Crippen LogP) is 3.43. The van der Waals surface area contributed by atoms with Crippen LogP contribution < -0.4 is 10.5 Å². The molecule has 0 fully saturated rings. The minimum absolute atomic E-state index is 0.0119. The van der Waals surface area contributed by atoms with Gasteiger partial charge in [-0.25, -0.2) is 0 Å². The lowest BCUT2D eigenvalue weighted by molar-refractivity contribution is 0.0684. The van der Waals surface area contributed by atoms with Crippen LogP contribution in [0.4, 0.5) is 0 Å². The van der Waals surface area contributed by atoms with Gasteiger partial charge in [-0.05, 0) is 47.7 Å². The minimum Gasteiger partial charge on any atom is -0.488 e. The molecular weight excluding hydrogens is 313 g/mol. The van der Waals surface area contributed by atoms with Crippen molar-refractivity contribution in [3.63, 3.8) is 0 Å². The van der Waals surface area contributed by atoms with Crippen molar-refractivity contribution in [3.8, 4) is 5.75 Å². The maximum absolute atomic E-state index is 5.99. The Bertz CT molecular complexity index is 344. The molecule has 0 aliphatic rings. The molecule has 0 bridgehead atoms. The van der Waals surface area contributed by atoms with Gasteiger partial charge in [0, 0.05) is 15.0 Å². The Morgan fingerprint density at radius 3 is 2.38 bits per heavy atom. The van der Waals surface area contributed by atoms with Crippen LogP contribution in [0.1, 0.15) is 27.7 Å². The van der Waals surface area contributed by atoms with Crippen LogP contribution in [0, 0.1) is 8.99 Å². The standard InChI is InChI=1S/C13H20INO/c1-9(15)12(13(2,3)4)16-11-7-5-6-10(14)8-11/h5-9,12H,15H2,1-4H3. The van der Waals surface area contributed by atoms with E-state index in [4.69, 9.17) is 10.5 Å². The zero-order chi connectivity index (χ0) is 12.3. The second-order valence-corrected chi connectivity index (χ2v) is 6.47. The summed E-state index contributed by atoms with van der Waals surface area (Å²) in [6.45, 7) is 8.43. The van der Waals surface area contributed by atoms with E-state index < -0.39 is 0 Å². The Balaban J connectivity index is 2.84. The summed E-state index contributed by atoms with van der Waals surface area (Å²) in [5, 5.41) is 0. The molecule has 90 valence electrons. The Morgan fingerprint density at radius 2 is 1.94 bits per heavy atom. The molecule has 0 amide bonds. The Labute approximate surface area is 112 Å². The van der Waals surface area contributed by atoms with Gasteiger partial charge in [0.25, 0.3) is 0 Å². The molecule has 0 aromatic heterocycles. The highest BCUT2D eigenvalue weighted by Gasteiger charge is 2.29. The van der Waals surface area contributed by atoms with Gasteiger partial charge in [-0.3, -0.25) is 0 Å². The van der Waals surface area contributed by atoms with Crippen molar-refractivity contribution >= 4 is 22.6 Å². The van der Waals surface area contributed by atoms with Crippen LogP contribution in [0.3, 0.4) is 0 Å². The molecular formula is C13H20INO. The summed E-state index contributed by atoms with van der Waals surface area (Å²) in [4.78, 5) is 0. The average molecular weight is 333 g/mol. The highest BCUT2D eigenvalue weighted by atomic mass is 127. The lowest BCUT2D eigenvalue weighted by Gasteiger charge is -2.34. The number of rotatable bonds is 3. The summed E-state index contributed by atoms with van der Waals surface area (Å²) in [5.41, 5.74) is 6.02. The first kappa shape index (κ1) is 13.8. The minimum atomic E-state index is 0.0119. The maximum Gasteiger partial charge on any atom is 0.120 e. The highest BCUT2D eigenvalue weighted by Crippen LogP contribution is 2.27. The van der Waals surface area contributed by atoms with Crippen LogP contribution >= 0.6 is 22.6 Å². The summed E-state index contributed by atoms with van der Waals surface area (Å²) in [6.07, 6.45) is 0.0192. The molecule has 2 atom stereocenters. The smallest absolute Gasteiger partial charge is 0.120 e. The van der Waals surface area contributed by atoms with E-state index in [1.165, 1.54) is 3.57 Å². The third-order valence-corrected chi connectivity index (χ3v) is 3.06. The van der Waals surface area contributed by atoms with Gasteiger partial charge in [-0.2, -0.15) is 0 Å². The summed E-state index contributed by atoms with van der Waals surface area (Å²) < 4.78 is 7.16. The Hall–Kier alpha value is -0.290. The molecule has 0 aliphatic carbocycles. The van der Waals surface area contributed by atoms with Gasteiger partial charge in [-0.1, -0.05) is 26.8 Å². The van der Waals surface area contributed by atoms with Gasteiger partial charge in [0.1, 0.15) is 11.9 Å². The monoisotopic (exact) mass is 333 g/mol. The molecule has 2 N–H and O–H groups in total. The number of nitrogens with two attached hydrogens (primary N) is 1. The molecule has 1 aromatic carbocycles. The van der Waals surface area contributed by atoms with Crippen molar-refractivity contribution in [1.29, 1.82) is 0 Å². The number of halogens is 1. The third-order valence-electron chi connectivity index (χ3n) is 2.39. The molecule has 16 heavy (non-hydrogen) atoms. The van der Waals surface area contributed by atoms with E-state index in [-0.39, 0.29) is 17.6 Å². The van der Waals surface area contributed by atoms with Gasteiger partial charge >= 0.3 is 0 Å². The second kappa shape index (κ2) is 5.36. The third kappa shape index (κ3) is 3.94. The van der Waals surface area contributed by atoms with Gasteiger partial charge in [0.15, 0.2) is 0 Å². The van der Waals surface area contributed by atoms with E-state index >= 15 is 0 Å². The average Bonchev–Trinajstić information content (AvgIpc) is 2.12. The van der Waals surface area contributed by atoms with Crippen LogP contribution in [-0.2, 0) is 0 Å². The first-order valence-corrected chi connectivity index (χ1v) is 6.56. The molecule has 1 aromatic rings. The summed E-state index contributed by atoms with van der Waals surface area (Å²) in [5.74, 6) is 0.893. The first-order chi connectivity index (χ1) is 7.30. The highest BCUT2D eigenvalue weighted by molar-refractivity contribution is 14.1. The number of hydrogen-bond donors (Lipinski definition) is 1. The number of benzene rings is 1. The van der Waals surface area contributed by atoms with Crippen molar-refractivity contribution in [2.24, 2.45) is 11.1 Å². The van der Waals surface area contributed by atoms with Gasteiger partial charge in [0.05, 0.1) is 0 Å². The van der Waals surface area contributed by atoms with Crippen molar-refractivity contribution < 1.29 is 4.74 Å². The van der Waals surface area contributed by atoms with Gasteiger partial charge in [-0.15, -0.1) is 0 Å². The molecule has 2 unspecified atom stereocenters. The molecule has 3 heteroatoms. The lowest BCUT2D eigenvalue weighted by Crippen LogP contribution is -2.45. The molecule has 0 saturated heterocycles. The van der Waals surface area contributed by atoms with Crippen LogP contribution in [-0.4, -0.2) is 12.1 Å². The van der Waals surface area contributed by atoms with E-state index in [9.17, 15) is 0 Å². The van der Waals surface area contributed by atoms with Gasteiger partial charge in [0.2, 0.25) is 0 Å². The quantitative estimate of drug-likeness (QED) is 0.860. The Morgan fingerprint density at radius 1 is 1.31 bits per heavy atom. The number of hydrogen-bond acceptors (Lipinski definition) is 2. The number of ether oxygens (including phenoxy) is 1. The van der Waals surface area contributed by atoms with E-state index in [1.54, 1.807) is 0 Å². The van der Waals surface area contributed by atoms with Crippen molar-refractivity contribution in [1.82, 2.24) is 0 Å². The Kier molecular flexibility index (Phi) is 4.62. The fraction of sp³-hybridized carbons (Fsp3) is 0.538. The second-order valence-electron chi connectivity index (χ2n) is 5.22. The first-order valence-electron chi connectivity index (χ1n) is 5.48. The van der Waals surface area contributed by atoms with E-state index in [1.807, 2.05) is 31.2 Å². The summed E-state index contributed by atoms with van der Waals surface area (Å²) in [7, 11) is 0. The van der Waals surface area contributed by atoms with E-state index in [0.717, 1.165) is 5.75 Å². The summed E-state index contributed by atoms with van der Waals surface area (Å²) >= 11 is 2.28. The zero-order valence-corrected chi connectivity index (χ0v) is 12.5. The molecule has 0 aliphatic heterocycles. The molecule has 0 heterocycles. The largest absolute Gasteiger partial charge is 0.488 e. The van der Waals surface area contributed by atoms with Crippen molar-refractivity contribution in [2.75, 3.05) is 0 Å². The molecule has 2 nitrogen and oxygen atoms in total. The lowest BCUT2D eigenvalue weighted by atomic mass is 9.85. The summed E-state index contributed by atoms with van der Waals surface area (Å²) in [6, 6.07) is 8.06. The normalized spacial score (nSPS) is 15.6. The van der Waals surface area contributed by atoms with E-state index in [2.05, 4.69) is 43.4 Å². The van der Waals surface area contributed by atoms with Crippen molar-refractivity contribution in [3.05, 3.63) is 27.8 Å². The molecule has 0 radical (unpaired) electrons. The fourth-order valence-corrected chi connectivity index (χ4v) is 2.27. The zero-order valence-electron chi connectivity index (χ0n) is 10.3. The van der Waals surface area contributed by atoms with Crippen LogP contribution in [0.2, 0.25) is 0 Å². The maximum atomic E-state index is 5.99. The molecule has 0 spiro atoms. The van der Waals surface area contributed by atoms with Crippen LogP contribution in [0.5, 0.6) is 5.75 Å². The fourth-order valence-electron chi connectivity index (χ4n) is 1.76.